The zero-order valence-corrected chi connectivity index (χ0v) is 12.2. The number of rotatable bonds is 5. The van der Waals surface area contributed by atoms with E-state index >= 15 is 0 Å². The molecule has 1 N–H and O–H groups in total. The molecular weight excluding hydrogens is 260 g/mol. The van der Waals surface area contributed by atoms with E-state index in [4.69, 9.17) is 0 Å². The Labute approximate surface area is 117 Å². The molecule has 0 saturated carbocycles. The third-order valence-electron chi connectivity index (χ3n) is 3.51. The van der Waals surface area contributed by atoms with Gasteiger partial charge in [0.25, 0.3) is 11.7 Å². The standard InChI is InChI=1S/C14H18N2O2S/c1-9(6-7-19-3)16(2)10-4-5-11-12(8-10)15-14(18)13(11)17/h4-5,8-9H,6-7H2,1-3H3,(H,15,17,18). The lowest BCUT2D eigenvalue weighted by Crippen LogP contribution is -2.29. The SMILES string of the molecule is CSCCC(C)N(C)c1ccc2c(c1)NC(=O)C2=O. The molecule has 0 saturated heterocycles. The van der Waals surface area contributed by atoms with Crippen LogP contribution < -0.4 is 10.2 Å². The monoisotopic (exact) mass is 278 g/mol. The smallest absolute Gasteiger partial charge is 0.296 e. The van der Waals surface area contributed by atoms with Gasteiger partial charge in [0.2, 0.25) is 0 Å². The van der Waals surface area contributed by atoms with Gasteiger partial charge in [0, 0.05) is 18.8 Å². The lowest BCUT2D eigenvalue weighted by Gasteiger charge is -2.27. The van der Waals surface area contributed by atoms with Crippen LogP contribution in [-0.2, 0) is 4.79 Å². The van der Waals surface area contributed by atoms with E-state index in [1.807, 2.05) is 30.9 Å². The molecule has 19 heavy (non-hydrogen) atoms. The Hall–Kier alpha value is -1.49. The van der Waals surface area contributed by atoms with Gasteiger partial charge in [-0.2, -0.15) is 11.8 Å². The average molecular weight is 278 g/mol. The minimum absolute atomic E-state index is 0.415. The number of hydrogen-bond donors (Lipinski definition) is 1. The Morgan fingerprint density at radius 3 is 2.79 bits per heavy atom. The van der Waals surface area contributed by atoms with E-state index in [0.29, 0.717) is 17.3 Å². The first-order chi connectivity index (χ1) is 9.04. The molecule has 1 amide bonds. The van der Waals surface area contributed by atoms with Crippen LogP contribution in [0.5, 0.6) is 0 Å². The zero-order valence-electron chi connectivity index (χ0n) is 11.4. The van der Waals surface area contributed by atoms with Crippen LogP contribution in [0, 0.1) is 0 Å². The summed E-state index contributed by atoms with van der Waals surface area (Å²) < 4.78 is 0. The number of fused-ring (bicyclic) bond motifs is 1. The molecule has 1 aromatic rings. The average Bonchev–Trinajstić information content (AvgIpc) is 2.70. The van der Waals surface area contributed by atoms with E-state index in [1.54, 1.807) is 6.07 Å². The summed E-state index contributed by atoms with van der Waals surface area (Å²) in [4.78, 5) is 25.0. The summed E-state index contributed by atoms with van der Waals surface area (Å²) in [7, 11) is 2.03. The maximum atomic E-state index is 11.5. The molecule has 4 nitrogen and oxygen atoms in total. The highest BCUT2D eigenvalue weighted by Gasteiger charge is 2.28. The van der Waals surface area contributed by atoms with Gasteiger partial charge in [-0.15, -0.1) is 0 Å². The summed E-state index contributed by atoms with van der Waals surface area (Å²) in [6.07, 6.45) is 3.20. The molecule has 0 aromatic heterocycles. The number of ketones is 1. The Kier molecular flexibility index (Phi) is 4.14. The largest absolute Gasteiger partial charge is 0.372 e. The lowest BCUT2D eigenvalue weighted by molar-refractivity contribution is -0.112. The Morgan fingerprint density at radius 1 is 1.37 bits per heavy atom. The summed E-state index contributed by atoms with van der Waals surface area (Å²) in [5, 5.41) is 2.61. The molecule has 1 aromatic carbocycles. The van der Waals surface area contributed by atoms with Gasteiger partial charge in [-0.05, 0) is 43.6 Å². The van der Waals surface area contributed by atoms with Crippen molar-refractivity contribution in [2.24, 2.45) is 0 Å². The van der Waals surface area contributed by atoms with Crippen molar-refractivity contribution in [2.45, 2.75) is 19.4 Å². The van der Waals surface area contributed by atoms with Crippen LogP contribution in [0.2, 0.25) is 0 Å². The van der Waals surface area contributed by atoms with Crippen molar-refractivity contribution in [2.75, 3.05) is 29.3 Å². The van der Waals surface area contributed by atoms with E-state index in [0.717, 1.165) is 17.9 Å². The minimum atomic E-state index is -0.537. The van der Waals surface area contributed by atoms with Crippen LogP contribution in [0.25, 0.3) is 0 Å². The van der Waals surface area contributed by atoms with E-state index in [9.17, 15) is 9.59 Å². The summed E-state index contributed by atoms with van der Waals surface area (Å²) in [5.41, 5.74) is 2.11. The number of carbonyl (C=O) groups excluding carboxylic acids is 2. The fraction of sp³-hybridized carbons (Fsp3) is 0.429. The number of amides is 1. The number of nitrogens with one attached hydrogen (secondary N) is 1. The summed E-state index contributed by atoms with van der Waals surface area (Å²) in [6, 6.07) is 5.90. The molecule has 5 heteroatoms. The maximum Gasteiger partial charge on any atom is 0.296 e. The fourth-order valence-corrected chi connectivity index (χ4v) is 2.67. The van der Waals surface area contributed by atoms with Gasteiger partial charge >= 0.3 is 0 Å². The highest BCUT2D eigenvalue weighted by molar-refractivity contribution is 7.98. The van der Waals surface area contributed by atoms with Crippen molar-refractivity contribution < 1.29 is 9.59 Å². The first-order valence-electron chi connectivity index (χ1n) is 6.26. The highest BCUT2D eigenvalue weighted by atomic mass is 32.2. The first-order valence-corrected chi connectivity index (χ1v) is 7.65. The van der Waals surface area contributed by atoms with Crippen molar-refractivity contribution >= 4 is 34.8 Å². The molecule has 1 unspecified atom stereocenters. The Morgan fingerprint density at radius 2 is 2.11 bits per heavy atom. The maximum absolute atomic E-state index is 11.5. The second-order valence-electron chi connectivity index (χ2n) is 4.75. The van der Waals surface area contributed by atoms with Crippen LogP contribution in [0.4, 0.5) is 11.4 Å². The second kappa shape index (κ2) is 5.65. The molecule has 1 heterocycles. The quantitative estimate of drug-likeness (QED) is 0.840. The van der Waals surface area contributed by atoms with Gasteiger partial charge in [-0.3, -0.25) is 9.59 Å². The molecule has 0 aliphatic carbocycles. The van der Waals surface area contributed by atoms with E-state index in [2.05, 4.69) is 23.4 Å². The highest BCUT2D eigenvalue weighted by Crippen LogP contribution is 2.29. The van der Waals surface area contributed by atoms with Gasteiger partial charge in [0.05, 0.1) is 11.3 Å². The van der Waals surface area contributed by atoms with Crippen LogP contribution in [0.3, 0.4) is 0 Å². The Bertz CT molecular complexity index is 516. The van der Waals surface area contributed by atoms with Crippen LogP contribution >= 0.6 is 11.8 Å². The van der Waals surface area contributed by atoms with Gasteiger partial charge < -0.3 is 10.2 Å². The fourth-order valence-electron chi connectivity index (χ4n) is 2.09. The molecule has 0 fully saturated rings. The third-order valence-corrected chi connectivity index (χ3v) is 4.15. The zero-order chi connectivity index (χ0) is 14.0. The van der Waals surface area contributed by atoms with Gasteiger partial charge in [-0.1, -0.05) is 0 Å². The molecule has 102 valence electrons. The van der Waals surface area contributed by atoms with Crippen molar-refractivity contribution in [3.05, 3.63) is 23.8 Å². The number of benzene rings is 1. The van der Waals surface area contributed by atoms with Crippen molar-refractivity contribution in [3.63, 3.8) is 0 Å². The van der Waals surface area contributed by atoms with Crippen LogP contribution in [0.15, 0.2) is 18.2 Å². The number of nitrogens with zero attached hydrogens (tertiary/aromatic N) is 1. The van der Waals surface area contributed by atoms with Gasteiger partial charge in [-0.25, -0.2) is 0 Å². The molecule has 0 spiro atoms. The third kappa shape index (κ3) is 2.76. The topological polar surface area (TPSA) is 49.4 Å². The van der Waals surface area contributed by atoms with Crippen molar-refractivity contribution in [1.29, 1.82) is 0 Å². The summed E-state index contributed by atoms with van der Waals surface area (Å²) in [5.74, 6) is 0.135. The molecule has 1 aliphatic rings. The minimum Gasteiger partial charge on any atom is -0.372 e. The Balaban J connectivity index is 2.17. The van der Waals surface area contributed by atoms with Gasteiger partial charge in [0.15, 0.2) is 0 Å². The number of Topliss-reactive ketones (excluding diaryl/α,β-unsaturated/α-hetero) is 1. The molecule has 0 bridgehead atoms. The van der Waals surface area contributed by atoms with Crippen molar-refractivity contribution in [1.82, 2.24) is 0 Å². The lowest BCUT2D eigenvalue weighted by atomic mass is 10.1. The normalized spacial score (nSPS) is 15.1. The predicted molar refractivity (Wildman–Crippen MR) is 80.3 cm³/mol. The number of hydrogen-bond acceptors (Lipinski definition) is 4. The van der Waals surface area contributed by atoms with E-state index < -0.39 is 11.7 Å². The molecule has 1 aliphatic heterocycles. The number of carbonyl (C=O) groups is 2. The number of thioether (sulfide) groups is 1. The molecular formula is C14H18N2O2S. The summed E-state index contributed by atoms with van der Waals surface area (Å²) in [6.45, 7) is 2.17. The first kappa shape index (κ1) is 13.9. The van der Waals surface area contributed by atoms with Crippen molar-refractivity contribution in [3.8, 4) is 0 Å². The van der Waals surface area contributed by atoms with E-state index in [1.165, 1.54) is 0 Å². The number of anilines is 2. The van der Waals surface area contributed by atoms with Gasteiger partial charge in [0.1, 0.15) is 0 Å². The second-order valence-corrected chi connectivity index (χ2v) is 5.74. The predicted octanol–water partition coefficient (Wildman–Crippen LogP) is 2.40. The van der Waals surface area contributed by atoms with Crippen LogP contribution in [-0.4, -0.2) is 36.8 Å². The molecule has 2 rings (SSSR count). The molecule has 0 radical (unpaired) electrons. The van der Waals surface area contributed by atoms with E-state index in [-0.39, 0.29) is 0 Å². The summed E-state index contributed by atoms with van der Waals surface area (Å²) >= 11 is 1.83. The van der Waals surface area contributed by atoms with Crippen LogP contribution in [0.1, 0.15) is 23.7 Å². The molecule has 1 atom stereocenters.